The molecule has 0 aliphatic rings. The number of carbonyl (C=O) groups is 2. The first-order chi connectivity index (χ1) is 14.5. The average molecular weight is 451 g/mol. The SMILES string of the molecule is CCCCCCCCCCCCC(CCCCCCCCC)CC(C(=O)O)C(=O)O.[NaH]. The van der Waals surface area contributed by atoms with E-state index in [-0.39, 0.29) is 41.9 Å². The summed E-state index contributed by atoms with van der Waals surface area (Å²) in [6.45, 7) is 4.47. The molecule has 0 aliphatic heterocycles. The van der Waals surface area contributed by atoms with Crippen LogP contribution in [0.25, 0.3) is 0 Å². The molecule has 0 rings (SSSR count). The Kier molecular flexibility index (Phi) is 26.3. The summed E-state index contributed by atoms with van der Waals surface area (Å²) in [7, 11) is 0. The molecule has 2 N–H and O–H groups in total. The zero-order valence-electron chi connectivity index (χ0n) is 20.0. The number of aliphatic carboxylic acids is 2. The summed E-state index contributed by atoms with van der Waals surface area (Å²) >= 11 is 0. The molecule has 1 atom stereocenters. The molecule has 0 aromatic rings. The molecule has 0 amide bonds. The molecule has 0 heterocycles. The molecule has 0 radical (unpaired) electrons. The van der Waals surface area contributed by atoms with E-state index in [2.05, 4.69) is 13.8 Å². The second-order valence-electron chi connectivity index (χ2n) is 9.21. The van der Waals surface area contributed by atoms with Crippen LogP contribution in [0.1, 0.15) is 142 Å². The molecule has 5 heteroatoms. The maximum atomic E-state index is 11.3. The molecular formula is C26H51NaO4. The normalized spacial score (nSPS) is 12.0. The van der Waals surface area contributed by atoms with Gasteiger partial charge in [-0.05, 0) is 12.3 Å². The molecule has 0 aliphatic carbocycles. The van der Waals surface area contributed by atoms with E-state index in [9.17, 15) is 19.8 Å². The van der Waals surface area contributed by atoms with Crippen molar-refractivity contribution in [2.45, 2.75) is 142 Å². The number of hydrogen-bond acceptors (Lipinski definition) is 2. The van der Waals surface area contributed by atoms with E-state index in [0.717, 1.165) is 25.7 Å². The van der Waals surface area contributed by atoms with Crippen molar-refractivity contribution in [3.8, 4) is 0 Å². The third-order valence-electron chi connectivity index (χ3n) is 6.35. The topological polar surface area (TPSA) is 74.6 Å². The third-order valence-corrected chi connectivity index (χ3v) is 6.35. The Morgan fingerprint density at radius 2 is 0.839 bits per heavy atom. The molecule has 0 aromatic heterocycles. The molecule has 0 spiro atoms. The van der Waals surface area contributed by atoms with Gasteiger partial charge in [-0.2, -0.15) is 0 Å². The van der Waals surface area contributed by atoms with Gasteiger partial charge in [0.2, 0.25) is 0 Å². The quantitative estimate of drug-likeness (QED) is 0.0955. The molecule has 0 bridgehead atoms. The summed E-state index contributed by atoms with van der Waals surface area (Å²) in [5, 5.41) is 18.5. The van der Waals surface area contributed by atoms with Crippen LogP contribution in [0, 0.1) is 11.8 Å². The van der Waals surface area contributed by atoms with Crippen LogP contribution in [-0.4, -0.2) is 51.7 Å². The summed E-state index contributed by atoms with van der Waals surface area (Å²) in [4.78, 5) is 22.6. The van der Waals surface area contributed by atoms with Gasteiger partial charge in [0, 0.05) is 0 Å². The Balaban J connectivity index is 0. The van der Waals surface area contributed by atoms with Gasteiger partial charge in [0.15, 0.2) is 5.92 Å². The Labute approximate surface area is 214 Å². The van der Waals surface area contributed by atoms with E-state index < -0.39 is 17.9 Å². The van der Waals surface area contributed by atoms with Crippen LogP contribution < -0.4 is 0 Å². The maximum absolute atomic E-state index is 11.3. The van der Waals surface area contributed by atoms with Gasteiger partial charge in [-0.1, -0.05) is 136 Å². The van der Waals surface area contributed by atoms with Gasteiger partial charge in [0.25, 0.3) is 0 Å². The second-order valence-corrected chi connectivity index (χ2v) is 9.21. The third kappa shape index (κ3) is 21.5. The van der Waals surface area contributed by atoms with Crippen molar-refractivity contribution in [3.05, 3.63) is 0 Å². The van der Waals surface area contributed by atoms with Crippen molar-refractivity contribution >= 4 is 41.5 Å². The number of unbranched alkanes of at least 4 members (excludes halogenated alkanes) is 15. The summed E-state index contributed by atoms with van der Waals surface area (Å²) < 4.78 is 0. The van der Waals surface area contributed by atoms with Crippen LogP contribution in [0.4, 0.5) is 0 Å². The summed E-state index contributed by atoms with van der Waals surface area (Å²) in [5.41, 5.74) is 0. The fourth-order valence-electron chi connectivity index (χ4n) is 4.33. The molecule has 1 unspecified atom stereocenters. The van der Waals surface area contributed by atoms with Crippen LogP contribution in [-0.2, 0) is 9.59 Å². The first-order valence-corrected chi connectivity index (χ1v) is 13.0. The molecular weight excluding hydrogens is 399 g/mol. The Morgan fingerprint density at radius 3 is 1.13 bits per heavy atom. The second kappa shape index (κ2) is 24.6. The van der Waals surface area contributed by atoms with Gasteiger partial charge < -0.3 is 10.2 Å². The van der Waals surface area contributed by atoms with Crippen molar-refractivity contribution in [2.75, 3.05) is 0 Å². The fourth-order valence-corrected chi connectivity index (χ4v) is 4.33. The van der Waals surface area contributed by atoms with Crippen molar-refractivity contribution in [2.24, 2.45) is 11.8 Å². The zero-order valence-corrected chi connectivity index (χ0v) is 20.0. The fraction of sp³-hybridized carbons (Fsp3) is 0.923. The standard InChI is InChI=1S/C26H50O4.Na.H/c1-3-5-7-9-11-12-13-15-17-19-21-23(22-24(25(27)28)26(29)30)20-18-16-14-10-8-6-4-2;;/h23-24H,3-22H2,1-2H3,(H,27,28)(H,29,30);;. The molecule has 0 saturated heterocycles. The zero-order chi connectivity index (χ0) is 22.5. The van der Waals surface area contributed by atoms with Gasteiger partial charge in [0.05, 0.1) is 0 Å². The van der Waals surface area contributed by atoms with Crippen LogP contribution >= 0.6 is 0 Å². The molecule has 4 nitrogen and oxygen atoms in total. The summed E-state index contributed by atoms with van der Waals surface area (Å²) in [6, 6.07) is 0. The van der Waals surface area contributed by atoms with Gasteiger partial charge in [-0.25, -0.2) is 0 Å². The van der Waals surface area contributed by atoms with Crippen molar-refractivity contribution in [3.63, 3.8) is 0 Å². The molecule has 0 fully saturated rings. The van der Waals surface area contributed by atoms with Crippen molar-refractivity contribution < 1.29 is 19.8 Å². The van der Waals surface area contributed by atoms with Crippen molar-refractivity contribution in [1.29, 1.82) is 0 Å². The van der Waals surface area contributed by atoms with Gasteiger partial charge in [-0.3, -0.25) is 9.59 Å². The molecule has 0 aromatic carbocycles. The van der Waals surface area contributed by atoms with Crippen LogP contribution in [0.15, 0.2) is 0 Å². The summed E-state index contributed by atoms with van der Waals surface area (Å²) in [6.07, 6.45) is 23.8. The van der Waals surface area contributed by atoms with Crippen LogP contribution in [0.3, 0.4) is 0 Å². The first kappa shape index (κ1) is 33.1. The first-order valence-electron chi connectivity index (χ1n) is 13.0. The van der Waals surface area contributed by atoms with Gasteiger partial charge >= 0.3 is 41.5 Å². The predicted molar refractivity (Wildman–Crippen MR) is 133 cm³/mol. The van der Waals surface area contributed by atoms with E-state index in [1.165, 1.54) is 96.3 Å². The summed E-state index contributed by atoms with van der Waals surface area (Å²) in [5.74, 6) is -3.39. The van der Waals surface area contributed by atoms with Crippen molar-refractivity contribution in [1.82, 2.24) is 0 Å². The Bertz CT molecular complexity index is 400. The number of hydrogen-bond donors (Lipinski definition) is 2. The molecule has 31 heavy (non-hydrogen) atoms. The Hall–Kier alpha value is -0.0600. The van der Waals surface area contributed by atoms with E-state index in [4.69, 9.17) is 0 Å². The van der Waals surface area contributed by atoms with Crippen LogP contribution in [0.2, 0.25) is 0 Å². The number of carboxylic acid groups (broad SMARTS) is 2. The van der Waals surface area contributed by atoms with Crippen LogP contribution in [0.5, 0.6) is 0 Å². The van der Waals surface area contributed by atoms with E-state index in [1.807, 2.05) is 0 Å². The minimum atomic E-state index is -1.25. The monoisotopic (exact) mass is 450 g/mol. The van der Waals surface area contributed by atoms with Gasteiger partial charge in [0.1, 0.15) is 0 Å². The minimum absolute atomic E-state index is 0. The Morgan fingerprint density at radius 1 is 0.548 bits per heavy atom. The average Bonchev–Trinajstić information content (AvgIpc) is 2.71. The number of rotatable bonds is 23. The van der Waals surface area contributed by atoms with E-state index in [1.54, 1.807) is 0 Å². The number of carboxylic acids is 2. The predicted octanol–water partition coefficient (Wildman–Crippen LogP) is 7.58. The van der Waals surface area contributed by atoms with E-state index in [0.29, 0.717) is 0 Å². The molecule has 180 valence electrons. The van der Waals surface area contributed by atoms with Gasteiger partial charge in [-0.15, -0.1) is 0 Å². The van der Waals surface area contributed by atoms with E-state index >= 15 is 0 Å². The molecule has 0 saturated carbocycles.